The Morgan fingerprint density at radius 3 is 2.33 bits per heavy atom. The molecule has 3 aromatic carbocycles. The summed E-state index contributed by atoms with van der Waals surface area (Å²) in [4.78, 5) is 0.251. The third-order valence-corrected chi connectivity index (χ3v) is 6.96. The van der Waals surface area contributed by atoms with Crippen LogP contribution in [0.5, 0.6) is 5.75 Å². The Morgan fingerprint density at radius 2 is 1.63 bits per heavy atom. The van der Waals surface area contributed by atoms with Gasteiger partial charge in [0.25, 0.3) is 10.0 Å². The van der Waals surface area contributed by atoms with Gasteiger partial charge in [0.2, 0.25) is 0 Å². The second kappa shape index (κ2) is 6.43. The molecule has 138 valence electrons. The van der Waals surface area contributed by atoms with E-state index in [1.165, 1.54) is 4.31 Å². The summed E-state index contributed by atoms with van der Waals surface area (Å²) in [7, 11) is -2.17. The molecule has 1 unspecified atom stereocenters. The summed E-state index contributed by atoms with van der Waals surface area (Å²) in [6.45, 7) is 3.96. The number of anilines is 1. The highest BCUT2D eigenvalue weighted by atomic mass is 32.2. The Labute approximate surface area is 160 Å². The first-order chi connectivity index (χ1) is 12.9. The van der Waals surface area contributed by atoms with E-state index in [0.29, 0.717) is 11.4 Å². The van der Waals surface area contributed by atoms with Gasteiger partial charge < -0.3 is 4.74 Å². The minimum Gasteiger partial charge on any atom is -0.497 e. The maximum atomic E-state index is 13.5. The summed E-state index contributed by atoms with van der Waals surface area (Å²) in [5.74, 6) is 0.627. The fourth-order valence-electron chi connectivity index (χ4n) is 3.70. The van der Waals surface area contributed by atoms with E-state index in [2.05, 4.69) is 18.2 Å². The number of aryl methyl sites for hydroxylation is 1. The molecule has 1 atom stereocenters. The molecule has 0 saturated heterocycles. The lowest BCUT2D eigenvalue weighted by Gasteiger charge is -2.37. The standard InChI is InChI=1S/C22H21NO3S/c1-15-8-13-19-20-6-4-5-7-22(20)23(16(2)21(19)14-15)27(24,25)18-11-9-17(26-3)10-12-18/h4-14,16H,1-3H3. The maximum Gasteiger partial charge on any atom is 0.264 e. The number of sulfonamides is 1. The van der Waals surface area contributed by atoms with Gasteiger partial charge in [-0.25, -0.2) is 8.42 Å². The van der Waals surface area contributed by atoms with E-state index in [-0.39, 0.29) is 10.9 Å². The molecule has 4 nitrogen and oxygen atoms in total. The van der Waals surface area contributed by atoms with E-state index in [4.69, 9.17) is 4.74 Å². The Hall–Kier alpha value is -2.79. The van der Waals surface area contributed by atoms with Crippen LogP contribution in [0.25, 0.3) is 11.1 Å². The molecule has 0 radical (unpaired) electrons. The molecule has 0 bridgehead atoms. The number of benzene rings is 3. The van der Waals surface area contributed by atoms with Crippen LogP contribution in [-0.2, 0) is 10.0 Å². The predicted molar refractivity (Wildman–Crippen MR) is 108 cm³/mol. The lowest BCUT2D eigenvalue weighted by molar-refractivity contribution is 0.414. The molecule has 1 heterocycles. The van der Waals surface area contributed by atoms with E-state index in [0.717, 1.165) is 22.3 Å². The van der Waals surface area contributed by atoms with Crippen LogP contribution >= 0.6 is 0 Å². The molecule has 0 fully saturated rings. The van der Waals surface area contributed by atoms with Crippen molar-refractivity contribution in [2.75, 3.05) is 11.4 Å². The Balaban J connectivity index is 1.92. The summed E-state index contributed by atoms with van der Waals surface area (Å²) in [5, 5.41) is 0. The van der Waals surface area contributed by atoms with E-state index in [1.54, 1.807) is 31.4 Å². The topological polar surface area (TPSA) is 46.6 Å². The first-order valence-corrected chi connectivity index (χ1v) is 10.3. The predicted octanol–water partition coefficient (Wildman–Crippen LogP) is 4.94. The molecule has 1 aliphatic heterocycles. The van der Waals surface area contributed by atoms with Crippen LogP contribution in [0.4, 0.5) is 5.69 Å². The Morgan fingerprint density at radius 1 is 0.926 bits per heavy atom. The van der Waals surface area contributed by atoms with Gasteiger partial charge in [-0.05, 0) is 55.3 Å². The highest BCUT2D eigenvalue weighted by Crippen LogP contribution is 2.47. The van der Waals surface area contributed by atoms with Gasteiger partial charge in [-0.1, -0.05) is 42.0 Å². The molecular formula is C22H21NO3S. The van der Waals surface area contributed by atoms with Crippen molar-refractivity contribution in [3.05, 3.63) is 77.9 Å². The fraction of sp³-hybridized carbons (Fsp3) is 0.182. The molecule has 0 saturated carbocycles. The van der Waals surface area contributed by atoms with Crippen LogP contribution in [0, 0.1) is 6.92 Å². The van der Waals surface area contributed by atoms with Crippen molar-refractivity contribution in [2.24, 2.45) is 0 Å². The quantitative estimate of drug-likeness (QED) is 0.647. The van der Waals surface area contributed by atoms with Crippen molar-refractivity contribution in [2.45, 2.75) is 24.8 Å². The first-order valence-electron chi connectivity index (χ1n) is 8.82. The second-order valence-electron chi connectivity index (χ2n) is 6.76. The van der Waals surface area contributed by atoms with Gasteiger partial charge in [0.15, 0.2) is 0 Å². The smallest absolute Gasteiger partial charge is 0.264 e. The minimum absolute atomic E-state index is 0.251. The number of methoxy groups -OCH3 is 1. The maximum absolute atomic E-state index is 13.5. The lowest BCUT2D eigenvalue weighted by Crippen LogP contribution is -2.36. The van der Waals surface area contributed by atoms with E-state index in [1.807, 2.05) is 38.1 Å². The normalized spacial score (nSPS) is 15.8. The summed E-state index contributed by atoms with van der Waals surface area (Å²) in [6.07, 6.45) is 0. The lowest BCUT2D eigenvalue weighted by atomic mass is 9.89. The van der Waals surface area contributed by atoms with Gasteiger partial charge in [0.05, 0.1) is 23.7 Å². The summed E-state index contributed by atoms with van der Waals surface area (Å²) < 4.78 is 33.8. The average Bonchev–Trinajstić information content (AvgIpc) is 2.68. The second-order valence-corrected chi connectivity index (χ2v) is 8.58. The first kappa shape index (κ1) is 17.6. The summed E-state index contributed by atoms with van der Waals surface area (Å²) in [5.41, 5.74) is 4.86. The molecule has 0 spiro atoms. The van der Waals surface area contributed by atoms with Crippen LogP contribution in [0.1, 0.15) is 24.1 Å². The van der Waals surface area contributed by atoms with Crippen molar-refractivity contribution in [3.8, 4) is 16.9 Å². The average molecular weight is 379 g/mol. The monoisotopic (exact) mass is 379 g/mol. The van der Waals surface area contributed by atoms with Crippen LogP contribution < -0.4 is 9.04 Å². The zero-order chi connectivity index (χ0) is 19.2. The molecule has 5 heteroatoms. The highest BCUT2D eigenvalue weighted by Gasteiger charge is 2.36. The van der Waals surface area contributed by atoms with Crippen molar-refractivity contribution in [1.29, 1.82) is 0 Å². The zero-order valence-corrected chi connectivity index (χ0v) is 16.3. The molecule has 0 aromatic heterocycles. The van der Waals surface area contributed by atoms with Crippen LogP contribution in [0.2, 0.25) is 0 Å². The molecule has 0 aliphatic carbocycles. The number of ether oxygens (including phenoxy) is 1. The summed E-state index contributed by atoms with van der Waals surface area (Å²) >= 11 is 0. The molecular weight excluding hydrogens is 358 g/mol. The van der Waals surface area contributed by atoms with Gasteiger partial charge in [-0.3, -0.25) is 4.31 Å². The molecule has 0 N–H and O–H groups in total. The Kier molecular flexibility index (Phi) is 4.19. The van der Waals surface area contributed by atoms with E-state index >= 15 is 0 Å². The van der Waals surface area contributed by atoms with Gasteiger partial charge in [0.1, 0.15) is 5.75 Å². The molecule has 27 heavy (non-hydrogen) atoms. The van der Waals surface area contributed by atoms with Gasteiger partial charge in [-0.2, -0.15) is 0 Å². The van der Waals surface area contributed by atoms with Crippen LogP contribution in [-0.4, -0.2) is 15.5 Å². The minimum atomic E-state index is -3.73. The van der Waals surface area contributed by atoms with Gasteiger partial charge >= 0.3 is 0 Å². The van der Waals surface area contributed by atoms with E-state index < -0.39 is 10.0 Å². The van der Waals surface area contributed by atoms with Crippen molar-refractivity contribution in [3.63, 3.8) is 0 Å². The largest absolute Gasteiger partial charge is 0.497 e. The van der Waals surface area contributed by atoms with Gasteiger partial charge in [-0.15, -0.1) is 0 Å². The van der Waals surface area contributed by atoms with Crippen molar-refractivity contribution in [1.82, 2.24) is 0 Å². The zero-order valence-electron chi connectivity index (χ0n) is 15.5. The third-order valence-electron chi connectivity index (χ3n) is 5.06. The number of hydrogen-bond donors (Lipinski definition) is 0. The van der Waals surface area contributed by atoms with Crippen LogP contribution in [0.15, 0.2) is 71.6 Å². The fourth-order valence-corrected chi connectivity index (χ4v) is 5.36. The summed E-state index contributed by atoms with van der Waals surface area (Å²) in [6, 6.07) is 20.1. The molecule has 3 aromatic rings. The number of para-hydroxylation sites is 1. The number of hydrogen-bond acceptors (Lipinski definition) is 3. The third kappa shape index (κ3) is 2.79. The number of nitrogens with zero attached hydrogens (tertiary/aromatic N) is 1. The molecule has 0 amide bonds. The number of rotatable bonds is 3. The molecule has 4 rings (SSSR count). The number of fused-ring (bicyclic) bond motifs is 3. The molecule has 1 aliphatic rings. The van der Waals surface area contributed by atoms with Crippen LogP contribution in [0.3, 0.4) is 0 Å². The van der Waals surface area contributed by atoms with Crippen molar-refractivity contribution >= 4 is 15.7 Å². The SMILES string of the molecule is COc1ccc(S(=O)(=O)N2c3ccccc3-c3ccc(C)cc3C2C)cc1. The van der Waals surface area contributed by atoms with Gasteiger partial charge in [0, 0.05) is 5.56 Å². The van der Waals surface area contributed by atoms with E-state index in [9.17, 15) is 8.42 Å². The van der Waals surface area contributed by atoms with Crippen molar-refractivity contribution < 1.29 is 13.2 Å². The Bertz CT molecular complexity index is 1100. The highest BCUT2D eigenvalue weighted by molar-refractivity contribution is 7.92.